The summed E-state index contributed by atoms with van der Waals surface area (Å²) in [5.74, 6) is 0. The number of benzene rings is 2. The molecule has 3 aromatic rings. The molecule has 0 unspecified atom stereocenters. The molecule has 0 radical (unpaired) electrons. The van der Waals surface area contributed by atoms with Gasteiger partial charge in [-0.3, -0.25) is 0 Å². The quantitative estimate of drug-likeness (QED) is 0.700. The molecule has 0 saturated heterocycles. The largest absolute Gasteiger partial charge is 0.358 e. The van der Waals surface area contributed by atoms with Crippen LogP contribution in [-0.2, 0) is 12.8 Å². The van der Waals surface area contributed by atoms with Gasteiger partial charge in [-0.05, 0) is 43.9 Å². The van der Waals surface area contributed by atoms with E-state index in [1.54, 1.807) is 0 Å². The summed E-state index contributed by atoms with van der Waals surface area (Å²) in [6, 6.07) is 17.4. The van der Waals surface area contributed by atoms with Gasteiger partial charge in [0.25, 0.3) is 0 Å². The lowest BCUT2D eigenvalue weighted by molar-refractivity contribution is 0.953. The highest BCUT2D eigenvalue weighted by Gasteiger charge is 2.07. The molecule has 3 rings (SSSR count). The molecule has 1 nitrogen and oxygen atoms in total. The van der Waals surface area contributed by atoms with Crippen molar-refractivity contribution in [2.24, 2.45) is 0 Å². The van der Waals surface area contributed by atoms with Crippen molar-refractivity contribution in [3.63, 3.8) is 0 Å². The zero-order valence-corrected chi connectivity index (χ0v) is 11.5. The van der Waals surface area contributed by atoms with E-state index in [1.807, 2.05) is 0 Å². The summed E-state index contributed by atoms with van der Waals surface area (Å²) in [6.07, 6.45) is 2.20. The van der Waals surface area contributed by atoms with Gasteiger partial charge in [0.05, 0.1) is 0 Å². The minimum absolute atomic E-state index is 1.10. The van der Waals surface area contributed by atoms with E-state index in [-0.39, 0.29) is 0 Å². The fourth-order valence-corrected chi connectivity index (χ4v) is 2.68. The number of aromatic amines is 1. The van der Waals surface area contributed by atoms with Gasteiger partial charge in [0.2, 0.25) is 0 Å². The molecule has 1 heterocycles. The first kappa shape index (κ1) is 12.0. The number of aryl methyl sites for hydroxylation is 4. The van der Waals surface area contributed by atoms with Crippen LogP contribution in [0.3, 0.4) is 0 Å². The van der Waals surface area contributed by atoms with Gasteiger partial charge in [-0.2, -0.15) is 0 Å². The molecule has 19 heavy (non-hydrogen) atoms. The molecule has 0 amide bonds. The van der Waals surface area contributed by atoms with Gasteiger partial charge in [-0.25, -0.2) is 0 Å². The molecule has 0 saturated carbocycles. The Hall–Kier alpha value is -2.02. The fourth-order valence-electron chi connectivity index (χ4n) is 2.68. The number of rotatable bonds is 3. The topological polar surface area (TPSA) is 15.8 Å². The summed E-state index contributed by atoms with van der Waals surface area (Å²) in [5, 5.41) is 1.37. The monoisotopic (exact) mass is 249 g/mol. The first-order valence-electron chi connectivity index (χ1n) is 6.86. The molecule has 0 aliphatic carbocycles. The van der Waals surface area contributed by atoms with Gasteiger partial charge in [-0.1, -0.05) is 48.0 Å². The molecule has 96 valence electrons. The van der Waals surface area contributed by atoms with Crippen molar-refractivity contribution in [3.8, 4) is 0 Å². The van der Waals surface area contributed by atoms with E-state index in [4.69, 9.17) is 0 Å². The molecular weight excluding hydrogens is 230 g/mol. The lowest BCUT2D eigenvalue weighted by Gasteiger charge is -2.03. The van der Waals surface area contributed by atoms with Crippen LogP contribution in [0.2, 0.25) is 0 Å². The number of H-pyrrole nitrogens is 1. The van der Waals surface area contributed by atoms with Gasteiger partial charge in [0, 0.05) is 16.6 Å². The second-order valence-corrected chi connectivity index (χ2v) is 5.26. The molecule has 0 bridgehead atoms. The number of hydrogen-bond donors (Lipinski definition) is 1. The molecule has 0 fully saturated rings. The van der Waals surface area contributed by atoms with Crippen LogP contribution in [0.1, 0.15) is 22.4 Å². The van der Waals surface area contributed by atoms with E-state index >= 15 is 0 Å². The Morgan fingerprint density at radius 2 is 1.58 bits per heavy atom. The molecule has 0 aliphatic heterocycles. The molecule has 0 spiro atoms. The van der Waals surface area contributed by atoms with Crippen LogP contribution in [0.5, 0.6) is 0 Å². The van der Waals surface area contributed by atoms with E-state index in [0.29, 0.717) is 0 Å². The number of fused-ring (bicyclic) bond motifs is 1. The summed E-state index contributed by atoms with van der Waals surface area (Å²) in [4.78, 5) is 3.47. The summed E-state index contributed by atoms with van der Waals surface area (Å²) in [5.41, 5.74) is 6.74. The fraction of sp³-hybridized carbons (Fsp3) is 0.222. The maximum atomic E-state index is 3.47. The SMILES string of the molecule is Cc1ccc(CCc2c(C)[nH]c3ccccc23)cc1. The third-order valence-electron chi connectivity index (χ3n) is 3.81. The number of aromatic nitrogens is 1. The van der Waals surface area contributed by atoms with Crippen molar-refractivity contribution in [2.75, 3.05) is 0 Å². The molecular formula is C18H19N. The molecule has 1 N–H and O–H groups in total. The Kier molecular flexibility index (Phi) is 3.12. The highest BCUT2D eigenvalue weighted by molar-refractivity contribution is 5.84. The van der Waals surface area contributed by atoms with Crippen molar-refractivity contribution in [1.29, 1.82) is 0 Å². The van der Waals surface area contributed by atoms with E-state index in [2.05, 4.69) is 67.4 Å². The third kappa shape index (κ3) is 2.41. The van der Waals surface area contributed by atoms with E-state index in [0.717, 1.165) is 12.8 Å². The minimum atomic E-state index is 1.10. The molecule has 1 heteroatoms. The average Bonchev–Trinajstić information content (AvgIpc) is 2.74. The van der Waals surface area contributed by atoms with E-state index in [9.17, 15) is 0 Å². The smallest absolute Gasteiger partial charge is 0.0458 e. The summed E-state index contributed by atoms with van der Waals surface area (Å²) < 4.78 is 0. The Morgan fingerprint density at radius 3 is 2.37 bits per heavy atom. The van der Waals surface area contributed by atoms with Crippen molar-refractivity contribution in [2.45, 2.75) is 26.7 Å². The first-order valence-corrected chi connectivity index (χ1v) is 6.86. The van der Waals surface area contributed by atoms with Crippen LogP contribution in [-0.4, -0.2) is 4.98 Å². The molecule has 0 aliphatic rings. The summed E-state index contributed by atoms with van der Waals surface area (Å²) in [7, 11) is 0. The van der Waals surface area contributed by atoms with Crippen LogP contribution in [0.25, 0.3) is 10.9 Å². The van der Waals surface area contributed by atoms with Crippen molar-refractivity contribution < 1.29 is 0 Å². The van der Waals surface area contributed by atoms with Gasteiger partial charge in [0.1, 0.15) is 0 Å². The second-order valence-electron chi connectivity index (χ2n) is 5.26. The van der Waals surface area contributed by atoms with Crippen molar-refractivity contribution in [1.82, 2.24) is 4.98 Å². The minimum Gasteiger partial charge on any atom is -0.358 e. The van der Waals surface area contributed by atoms with Crippen molar-refractivity contribution in [3.05, 3.63) is 70.9 Å². The van der Waals surface area contributed by atoms with Gasteiger partial charge in [0.15, 0.2) is 0 Å². The number of para-hydroxylation sites is 1. The average molecular weight is 249 g/mol. The highest BCUT2D eigenvalue weighted by atomic mass is 14.7. The maximum Gasteiger partial charge on any atom is 0.0458 e. The van der Waals surface area contributed by atoms with Crippen LogP contribution in [0.15, 0.2) is 48.5 Å². The van der Waals surface area contributed by atoms with E-state index < -0.39 is 0 Å². The predicted molar refractivity (Wildman–Crippen MR) is 81.6 cm³/mol. The van der Waals surface area contributed by atoms with Crippen molar-refractivity contribution >= 4 is 10.9 Å². The lowest BCUT2D eigenvalue weighted by atomic mass is 10.0. The zero-order chi connectivity index (χ0) is 13.2. The van der Waals surface area contributed by atoms with Crippen LogP contribution < -0.4 is 0 Å². The van der Waals surface area contributed by atoms with Gasteiger partial charge >= 0.3 is 0 Å². The zero-order valence-electron chi connectivity index (χ0n) is 11.5. The summed E-state index contributed by atoms with van der Waals surface area (Å²) in [6.45, 7) is 4.30. The number of hydrogen-bond acceptors (Lipinski definition) is 0. The third-order valence-corrected chi connectivity index (χ3v) is 3.81. The Bertz CT molecular complexity index is 689. The van der Waals surface area contributed by atoms with E-state index in [1.165, 1.54) is 33.3 Å². The standard InChI is InChI=1S/C18H19N/c1-13-7-9-15(10-8-13)11-12-16-14(2)19-18-6-4-3-5-17(16)18/h3-10,19H,11-12H2,1-2H3. The van der Waals surface area contributed by atoms with Crippen LogP contribution in [0, 0.1) is 13.8 Å². The maximum absolute atomic E-state index is 3.47. The normalized spacial score (nSPS) is 11.1. The summed E-state index contributed by atoms with van der Waals surface area (Å²) >= 11 is 0. The highest BCUT2D eigenvalue weighted by Crippen LogP contribution is 2.23. The number of nitrogens with one attached hydrogen (secondary N) is 1. The van der Waals surface area contributed by atoms with Crippen LogP contribution >= 0.6 is 0 Å². The molecule has 1 aromatic heterocycles. The Labute approximate surface area is 114 Å². The van der Waals surface area contributed by atoms with Gasteiger partial charge < -0.3 is 4.98 Å². The van der Waals surface area contributed by atoms with Gasteiger partial charge in [-0.15, -0.1) is 0 Å². The Morgan fingerprint density at radius 1 is 0.842 bits per heavy atom. The first-order chi connectivity index (χ1) is 9.24. The molecule has 2 aromatic carbocycles. The Balaban J connectivity index is 1.85. The van der Waals surface area contributed by atoms with Crippen LogP contribution in [0.4, 0.5) is 0 Å². The molecule has 0 atom stereocenters. The second kappa shape index (κ2) is 4.93. The lowest BCUT2D eigenvalue weighted by Crippen LogP contribution is -1.92. The predicted octanol–water partition coefficient (Wildman–Crippen LogP) is 4.57.